The Bertz CT molecular complexity index is 1030. The predicted octanol–water partition coefficient (Wildman–Crippen LogP) is 4.73. The van der Waals surface area contributed by atoms with E-state index in [-0.39, 0.29) is 27.1 Å². The number of nitrogens with one attached hydrogen (secondary N) is 2. The van der Waals surface area contributed by atoms with E-state index in [2.05, 4.69) is 15.6 Å². The monoisotopic (exact) mass is 494 g/mol. The highest BCUT2D eigenvalue weighted by Crippen LogP contribution is 2.32. The molecule has 0 bridgehead atoms. The van der Waals surface area contributed by atoms with Gasteiger partial charge < -0.3 is 10.6 Å². The Morgan fingerprint density at radius 2 is 1.72 bits per heavy atom. The topological polar surface area (TPSA) is 108 Å². The molecular weight excluding hydrogens is 475 g/mol. The van der Waals surface area contributed by atoms with Gasteiger partial charge in [0.15, 0.2) is 5.13 Å². The number of amides is 5. The summed E-state index contributed by atoms with van der Waals surface area (Å²) in [6.07, 6.45) is 7.17. The van der Waals surface area contributed by atoms with Gasteiger partial charge in [-0.3, -0.25) is 14.4 Å². The van der Waals surface area contributed by atoms with Crippen LogP contribution in [-0.4, -0.2) is 39.7 Å². The van der Waals surface area contributed by atoms with Crippen LogP contribution in [0.15, 0.2) is 23.7 Å². The van der Waals surface area contributed by atoms with Crippen LogP contribution in [0.3, 0.4) is 0 Å². The number of anilines is 1. The molecule has 0 spiro atoms. The number of benzene rings is 1. The second kappa shape index (κ2) is 9.56. The number of hydrogen-bond acceptors (Lipinski definition) is 6. The van der Waals surface area contributed by atoms with Crippen molar-refractivity contribution in [1.82, 2.24) is 15.2 Å². The van der Waals surface area contributed by atoms with Gasteiger partial charge >= 0.3 is 6.03 Å². The Morgan fingerprint density at radius 3 is 2.28 bits per heavy atom. The Labute approximate surface area is 198 Å². The number of thiazole rings is 1. The van der Waals surface area contributed by atoms with Crippen molar-refractivity contribution < 1.29 is 19.2 Å². The Hall–Kier alpha value is -2.49. The number of aromatic nitrogens is 1. The highest BCUT2D eigenvalue weighted by atomic mass is 35.5. The number of imide groups is 3. The van der Waals surface area contributed by atoms with E-state index in [1.165, 1.54) is 23.5 Å². The Morgan fingerprint density at radius 1 is 1.09 bits per heavy atom. The number of urea groups is 1. The minimum atomic E-state index is -0.960. The van der Waals surface area contributed by atoms with Gasteiger partial charge in [-0.2, -0.15) is 4.90 Å². The number of nitrogens with zero attached hydrogens (tertiary/aromatic N) is 2. The Kier molecular flexibility index (Phi) is 6.78. The molecule has 5 amide bonds. The SMILES string of the molecule is O=C(Nc1nccs1)[C@H](CC1CCCCC1)NC(=O)N1C(=O)c2cc(Cl)c(Cl)cc2C1=O. The molecule has 1 aromatic heterocycles. The zero-order valence-electron chi connectivity index (χ0n) is 16.9. The zero-order valence-corrected chi connectivity index (χ0v) is 19.2. The van der Waals surface area contributed by atoms with Crippen LogP contribution in [0.2, 0.25) is 10.0 Å². The van der Waals surface area contributed by atoms with E-state index < -0.39 is 29.8 Å². The first kappa shape index (κ1) is 22.7. The largest absolute Gasteiger partial charge is 0.332 e. The highest BCUT2D eigenvalue weighted by molar-refractivity contribution is 7.13. The summed E-state index contributed by atoms with van der Waals surface area (Å²) in [6, 6.07) is 0.646. The van der Waals surface area contributed by atoms with E-state index in [0.717, 1.165) is 32.1 Å². The number of hydrogen-bond donors (Lipinski definition) is 2. The molecule has 0 unspecified atom stereocenters. The first-order valence-electron chi connectivity index (χ1n) is 10.2. The average Bonchev–Trinajstić information content (AvgIpc) is 3.36. The molecule has 1 aliphatic carbocycles. The maximum atomic E-state index is 13.0. The number of carbonyl (C=O) groups excluding carboxylic acids is 4. The summed E-state index contributed by atoms with van der Waals surface area (Å²) >= 11 is 13.2. The molecule has 32 heavy (non-hydrogen) atoms. The molecule has 4 rings (SSSR count). The molecule has 2 aliphatic rings. The van der Waals surface area contributed by atoms with E-state index in [9.17, 15) is 19.2 Å². The van der Waals surface area contributed by atoms with E-state index in [4.69, 9.17) is 23.2 Å². The van der Waals surface area contributed by atoms with E-state index in [0.29, 0.717) is 16.5 Å². The summed E-state index contributed by atoms with van der Waals surface area (Å²) in [5.41, 5.74) is -0.00812. The molecular formula is C21H20Cl2N4O4S. The van der Waals surface area contributed by atoms with Crippen LogP contribution < -0.4 is 10.6 Å². The lowest BCUT2D eigenvalue weighted by molar-refractivity contribution is -0.118. The number of rotatable bonds is 5. The Balaban J connectivity index is 1.53. The summed E-state index contributed by atoms with van der Waals surface area (Å²) in [4.78, 5) is 55.9. The molecule has 0 saturated heterocycles. The zero-order chi connectivity index (χ0) is 22.8. The van der Waals surface area contributed by atoms with E-state index in [1.807, 2.05) is 0 Å². The van der Waals surface area contributed by atoms with Gasteiger partial charge in [-0.25, -0.2) is 9.78 Å². The van der Waals surface area contributed by atoms with Gasteiger partial charge in [0, 0.05) is 11.6 Å². The molecule has 168 valence electrons. The van der Waals surface area contributed by atoms with Crippen molar-refractivity contribution in [2.75, 3.05) is 5.32 Å². The number of carbonyl (C=O) groups is 4. The van der Waals surface area contributed by atoms with E-state index in [1.54, 1.807) is 11.6 Å². The lowest BCUT2D eigenvalue weighted by atomic mass is 9.84. The van der Waals surface area contributed by atoms with Crippen molar-refractivity contribution >= 4 is 63.4 Å². The first-order chi connectivity index (χ1) is 15.3. The van der Waals surface area contributed by atoms with Crippen molar-refractivity contribution in [2.24, 2.45) is 5.92 Å². The number of fused-ring (bicyclic) bond motifs is 1. The van der Waals surface area contributed by atoms with Crippen LogP contribution in [0, 0.1) is 5.92 Å². The molecule has 1 fully saturated rings. The predicted molar refractivity (Wildman–Crippen MR) is 121 cm³/mol. The van der Waals surface area contributed by atoms with Crippen LogP contribution in [0.4, 0.5) is 9.93 Å². The summed E-state index contributed by atoms with van der Waals surface area (Å²) in [5, 5.41) is 7.61. The molecule has 2 aromatic rings. The van der Waals surface area contributed by atoms with Crippen molar-refractivity contribution in [2.45, 2.75) is 44.6 Å². The van der Waals surface area contributed by atoms with Gasteiger partial charge in [0.2, 0.25) is 5.91 Å². The summed E-state index contributed by atoms with van der Waals surface area (Å²) in [7, 11) is 0. The fourth-order valence-corrected chi connectivity index (χ4v) is 4.96. The van der Waals surface area contributed by atoms with Crippen molar-refractivity contribution in [3.8, 4) is 0 Å². The van der Waals surface area contributed by atoms with Gasteiger partial charge in [-0.05, 0) is 24.5 Å². The van der Waals surface area contributed by atoms with Gasteiger partial charge in [0.05, 0.1) is 21.2 Å². The number of halogens is 2. The molecule has 1 atom stereocenters. The van der Waals surface area contributed by atoms with Gasteiger partial charge in [-0.15, -0.1) is 11.3 Å². The summed E-state index contributed by atoms with van der Waals surface area (Å²) in [5.74, 6) is -1.80. The van der Waals surface area contributed by atoms with Crippen molar-refractivity contribution in [3.63, 3.8) is 0 Å². The van der Waals surface area contributed by atoms with Crippen molar-refractivity contribution in [3.05, 3.63) is 44.9 Å². The molecule has 1 saturated carbocycles. The first-order valence-corrected chi connectivity index (χ1v) is 11.9. The maximum Gasteiger partial charge on any atom is 0.332 e. The quantitative estimate of drug-likeness (QED) is 0.583. The average molecular weight is 495 g/mol. The standard InChI is InChI=1S/C21H20Cl2N4O4S/c22-14-9-12-13(10-15(14)23)19(30)27(18(12)29)21(31)25-16(8-11-4-2-1-3-5-11)17(28)26-20-24-6-7-32-20/h6-7,9-11,16H,1-5,8H2,(H,25,31)(H,24,26,28)/t16-/m0/s1. The minimum absolute atomic E-state index is 0.00406. The molecule has 1 aromatic carbocycles. The van der Waals surface area contributed by atoms with Crippen molar-refractivity contribution in [1.29, 1.82) is 0 Å². The van der Waals surface area contributed by atoms with Crippen LogP contribution in [0.1, 0.15) is 59.2 Å². The molecule has 11 heteroatoms. The third-order valence-electron chi connectivity index (χ3n) is 5.70. The summed E-state index contributed by atoms with van der Waals surface area (Å²) < 4.78 is 0. The second-order valence-corrected chi connectivity index (χ2v) is 9.53. The third-order valence-corrected chi connectivity index (χ3v) is 7.11. The molecule has 8 nitrogen and oxygen atoms in total. The normalized spacial score (nSPS) is 17.2. The second-order valence-electron chi connectivity index (χ2n) is 7.83. The van der Waals surface area contributed by atoms with Crippen LogP contribution in [-0.2, 0) is 4.79 Å². The summed E-state index contributed by atoms with van der Waals surface area (Å²) in [6.45, 7) is 0. The fraction of sp³-hybridized carbons (Fsp3) is 0.381. The van der Waals surface area contributed by atoms with E-state index >= 15 is 0 Å². The molecule has 2 heterocycles. The van der Waals surface area contributed by atoms with Gasteiger partial charge in [0.25, 0.3) is 11.8 Å². The minimum Gasteiger partial charge on any atom is -0.325 e. The third kappa shape index (κ3) is 4.65. The fourth-order valence-electron chi connectivity index (χ4n) is 4.10. The van der Waals surface area contributed by atoms with Gasteiger partial charge in [-0.1, -0.05) is 55.3 Å². The van der Waals surface area contributed by atoms with Crippen LogP contribution in [0.5, 0.6) is 0 Å². The van der Waals surface area contributed by atoms with Crippen LogP contribution >= 0.6 is 34.5 Å². The molecule has 0 radical (unpaired) electrons. The van der Waals surface area contributed by atoms with Gasteiger partial charge in [0.1, 0.15) is 6.04 Å². The lowest BCUT2D eigenvalue weighted by Gasteiger charge is -2.27. The highest BCUT2D eigenvalue weighted by Gasteiger charge is 2.42. The van der Waals surface area contributed by atoms with Crippen LogP contribution in [0.25, 0.3) is 0 Å². The maximum absolute atomic E-state index is 13.0. The lowest BCUT2D eigenvalue weighted by Crippen LogP contribution is -2.51. The molecule has 1 aliphatic heterocycles. The smallest absolute Gasteiger partial charge is 0.325 e. The molecule has 2 N–H and O–H groups in total.